The minimum atomic E-state index is -2.94. The number of carboxylic acids is 1. The molecule has 14 nitrogen and oxygen atoms in total. The summed E-state index contributed by atoms with van der Waals surface area (Å²) in [6, 6.07) is -1.37. The molecule has 3 N–H and O–H groups in total. The molecule has 1 fully saturated rings. The summed E-state index contributed by atoms with van der Waals surface area (Å²) in [6.07, 6.45) is -7.26. The Hall–Kier alpha value is -3.26. The Morgan fingerprint density at radius 2 is 1.55 bits per heavy atom. The van der Waals surface area contributed by atoms with Gasteiger partial charge in [-0.3, -0.25) is 24.0 Å². The Kier molecular flexibility index (Phi) is 9.73. The van der Waals surface area contributed by atoms with Crippen molar-refractivity contribution in [3.05, 3.63) is 0 Å². The zero-order chi connectivity index (χ0) is 25.5. The summed E-state index contributed by atoms with van der Waals surface area (Å²) in [5, 5.41) is 22.5. The van der Waals surface area contributed by atoms with Crippen molar-refractivity contribution in [2.75, 3.05) is 6.61 Å². The first-order valence-corrected chi connectivity index (χ1v) is 9.72. The first kappa shape index (κ1) is 27.8. The van der Waals surface area contributed by atoms with Crippen LogP contribution in [0.4, 0.5) is 0 Å². The maximum Gasteiger partial charge on any atom is 0.364 e. The summed E-state index contributed by atoms with van der Waals surface area (Å²) in [4.78, 5) is 70.0. The highest BCUT2D eigenvalue weighted by Gasteiger charge is 2.57. The van der Waals surface area contributed by atoms with Gasteiger partial charge in [0.25, 0.3) is 5.79 Å². The van der Waals surface area contributed by atoms with Gasteiger partial charge >= 0.3 is 29.8 Å². The van der Waals surface area contributed by atoms with Crippen molar-refractivity contribution in [2.45, 2.75) is 77.3 Å². The van der Waals surface area contributed by atoms with Crippen LogP contribution < -0.4 is 5.32 Å². The Balaban J connectivity index is 3.60. The van der Waals surface area contributed by atoms with E-state index in [-0.39, 0.29) is 0 Å². The molecule has 0 unspecified atom stereocenters. The maximum atomic E-state index is 11.8. The Bertz CT molecular complexity index is 797. The monoisotopic (exact) mass is 477 g/mol. The molecule has 1 heterocycles. The lowest BCUT2D eigenvalue weighted by Crippen LogP contribution is -2.68. The molecule has 0 aromatic heterocycles. The van der Waals surface area contributed by atoms with E-state index in [4.69, 9.17) is 23.7 Å². The van der Waals surface area contributed by atoms with Gasteiger partial charge in [0.1, 0.15) is 18.8 Å². The van der Waals surface area contributed by atoms with Crippen molar-refractivity contribution in [3.8, 4) is 0 Å². The van der Waals surface area contributed by atoms with Crippen LogP contribution in [0, 0.1) is 0 Å². The molecule has 1 saturated heterocycles. The highest BCUT2D eigenvalue weighted by Crippen LogP contribution is 2.34. The van der Waals surface area contributed by atoms with E-state index in [2.05, 4.69) is 5.32 Å². The fourth-order valence-electron chi connectivity index (χ4n) is 3.26. The average molecular weight is 477 g/mol. The number of carbonyl (C=O) groups is 6. The molecule has 1 aliphatic rings. The summed E-state index contributed by atoms with van der Waals surface area (Å²) in [7, 11) is 0. The van der Waals surface area contributed by atoms with Gasteiger partial charge in [0.2, 0.25) is 5.91 Å². The standard InChI is InChI=1S/C19H27NO13/c1-8(21)20-15-13(30-10(3)23)6-19(28,18(26)27)33-17(15)16(32-12(5)25)14(31-11(4)24)7-29-9(2)22/h13-17,28H,6-7H2,1-5H3,(H,20,21)(H,26,27)/t13-,14+,15+,16+,17+,19-/m0/s1. The molecule has 0 aromatic carbocycles. The number of carboxylic acid groups (broad SMARTS) is 1. The number of hydrogen-bond acceptors (Lipinski definition) is 12. The summed E-state index contributed by atoms with van der Waals surface area (Å²) in [5.41, 5.74) is 0. The Morgan fingerprint density at radius 3 is 1.97 bits per heavy atom. The topological polar surface area (TPSA) is 201 Å². The number of nitrogens with one attached hydrogen (secondary N) is 1. The third kappa shape index (κ3) is 8.31. The van der Waals surface area contributed by atoms with Gasteiger partial charge in [-0.25, -0.2) is 4.79 Å². The molecule has 0 spiro atoms. The van der Waals surface area contributed by atoms with E-state index in [1.165, 1.54) is 0 Å². The molecule has 1 aliphatic heterocycles. The molecule has 0 bridgehead atoms. The fraction of sp³-hybridized carbons (Fsp3) is 0.684. The number of hydrogen-bond donors (Lipinski definition) is 3. The Labute approximate surface area is 188 Å². The van der Waals surface area contributed by atoms with E-state index in [1.807, 2.05) is 0 Å². The van der Waals surface area contributed by atoms with E-state index < -0.39 is 85.0 Å². The number of aliphatic carboxylic acids is 1. The second-order valence-corrected chi connectivity index (χ2v) is 7.27. The highest BCUT2D eigenvalue weighted by molar-refractivity contribution is 5.76. The van der Waals surface area contributed by atoms with Gasteiger partial charge in [-0.05, 0) is 0 Å². The first-order valence-electron chi connectivity index (χ1n) is 9.72. The van der Waals surface area contributed by atoms with Crippen LogP contribution in [0.1, 0.15) is 41.0 Å². The number of carbonyl (C=O) groups excluding carboxylic acids is 5. The summed E-state index contributed by atoms with van der Waals surface area (Å²) >= 11 is 0. The van der Waals surface area contributed by atoms with Gasteiger partial charge in [0.05, 0.1) is 12.5 Å². The molecule has 0 radical (unpaired) electrons. The number of aliphatic hydroxyl groups is 1. The van der Waals surface area contributed by atoms with Gasteiger partial charge in [0, 0.05) is 34.6 Å². The molecular formula is C19H27NO13. The fourth-order valence-corrected chi connectivity index (χ4v) is 3.26. The molecule has 1 rings (SSSR count). The number of esters is 4. The van der Waals surface area contributed by atoms with Crippen molar-refractivity contribution in [1.29, 1.82) is 0 Å². The zero-order valence-corrected chi connectivity index (χ0v) is 18.7. The third-order valence-corrected chi connectivity index (χ3v) is 4.35. The van der Waals surface area contributed by atoms with Crippen molar-refractivity contribution < 1.29 is 62.7 Å². The summed E-state index contributed by atoms with van der Waals surface area (Å²) in [5.74, 6) is -8.96. The lowest BCUT2D eigenvalue weighted by atomic mass is 9.88. The van der Waals surface area contributed by atoms with Crippen LogP contribution in [0.15, 0.2) is 0 Å². The second kappa shape index (κ2) is 11.6. The predicted molar refractivity (Wildman–Crippen MR) is 103 cm³/mol. The van der Waals surface area contributed by atoms with Crippen molar-refractivity contribution in [3.63, 3.8) is 0 Å². The van der Waals surface area contributed by atoms with E-state index >= 15 is 0 Å². The van der Waals surface area contributed by atoms with Gasteiger partial charge in [-0.1, -0.05) is 0 Å². The number of rotatable bonds is 9. The van der Waals surface area contributed by atoms with Gasteiger partial charge in [0.15, 0.2) is 12.2 Å². The molecule has 14 heteroatoms. The number of ether oxygens (including phenoxy) is 5. The van der Waals surface area contributed by atoms with Crippen LogP contribution in [-0.2, 0) is 52.5 Å². The van der Waals surface area contributed by atoms with Crippen molar-refractivity contribution in [2.24, 2.45) is 0 Å². The smallest absolute Gasteiger partial charge is 0.364 e. The summed E-state index contributed by atoms with van der Waals surface area (Å²) < 4.78 is 25.6. The lowest BCUT2D eigenvalue weighted by molar-refractivity contribution is -0.298. The largest absolute Gasteiger partial charge is 0.477 e. The molecule has 0 aromatic rings. The van der Waals surface area contributed by atoms with E-state index in [0.29, 0.717) is 0 Å². The van der Waals surface area contributed by atoms with E-state index in [1.54, 1.807) is 0 Å². The highest BCUT2D eigenvalue weighted by atomic mass is 16.7. The minimum absolute atomic E-state index is 0.650. The number of amides is 1. The quantitative estimate of drug-likeness (QED) is 0.254. The van der Waals surface area contributed by atoms with Crippen LogP contribution in [0.2, 0.25) is 0 Å². The van der Waals surface area contributed by atoms with Crippen LogP contribution in [0.25, 0.3) is 0 Å². The molecular weight excluding hydrogens is 450 g/mol. The second-order valence-electron chi connectivity index (χ2n) is 7.27. The Morgan fingerprint density at radius 1 is 0.970 bits per heavy atom. The lowest BCUT2D eigenvalue weighted by Gasteiger charge is -2.46. The van der Waals surface area contributed by atoms with Gasteiger partial charge in [-0.2, -0.15) is 0 Å². The van der Waals surface area contributed by atoms with Crippen LogP contribution in [-0.4, -0.2) is 88.8 Å². The van der Waals surface area contributed by atoms with Crippen molar-refractivity contribution >= 4 is 35.8 Å². The molecule has 0 aliphatic carbocycles. The zero-order valence-electron chi connectivity index (χ0n) is 18.7. The predicted octanol–water partition coefficient (Wildman–Crippen LogP) is -1.59. The summed E-state index contributed by atoms with van der Waals surface area (Å²) in [6.45, 7) is 4.51. The average Bonchev–Trinajstić information content (AvgIpc) is 2.64. The minimum Gasteiger partial charge on any atom is -0.477 e. The molecule has 0 saturated carbocycles. The van der Waals surface area contributed by atoms with Crippen LogP contribution >= 0.6 is 0 Å². The van der Waals surface area contributed by atoms with E-state index in [0.717, 1.165) is 34.6 Å². The normalized spacial score (nSPS) is 26.2. The molecule has 33 heavy (non-hydrogen) atoms. The van der Waals surface area contributed by atoms with Crippen LogP contribution in [0.3, 0.4) is 0 Å². The molecule has 186 valence electrons. The maximum absolute atomic E-state index is 11.8. The molecule has 1 amide bonds. The van der Waals surface area contributed by atoms with Gasteiger partial charge < -0.3 is 39.2 Å². The SMILES string of the molecule is CC(=O)N[C@H]1[C@H]([C@H](OC(C)=O)[C@@H](COC(C)=O)OC(C)=O)O[C@](O)(C(=O)O)C[C@@H]1OC(C)=O. The third-order valence-electron chi connectivity index (χ3n) is 4.35. The van der Waals surface area contributed by atoms with Gasteiger partial charge in [-0.15, -0.1) is 0 Å². The van der Waals surface area contributed by atoms with Crippen molar-refractivity contribution in [1.82, 2.24) is 5.32 Å². The van der Waals surface area contributed by atoms with Crippen LogP contribution in [0.5, 0.6) is 0 Å². The molecule has 6 atom stereocenters. The first-order chi connectivity index (χ1) is 15.2. The van der Waals surface area contributed by atoms with E-state index in [9.17, 15) is 39.0 Å².